The van der Waals surface area contributed by atoms with E-state index in [1.165, 1.54) is 0 Å². The zero-order chi connectivity index (χ0) is 19.2. The van der Waals surface area contributed by atoms with Gasteiger partial charge in [-0.2, -0.15) is 13.2 Å². The van der Waals surface area contributed by atoms with Crippen LogP contribution in [-0.4, -0.2) is 29.2 Å². The van der Waals surface area contributed by atoms with Crippen molar-refractivity contribution in [2.45, 2.75) is 46.3 Å². The number of nitrogens with zero attached hydrogens (tertiary/aromatic N) is 3. The van der Waals surface area contributed by atoms with Crippen LogP contribution in [0.2, 0.25) is 0 Å². The molecule has 0 saturated heterocycles. The van der Waals surface area contributed by atoms with Gasteiger partial charge in [-0.05, 0) is 33.6 Å². The molecule has 0 aliphatic heterocycles. The van der Waals surface area contributed by atoms with Crippen molar-refractivity contribution in [3.05, 3.63) is 33.1 Å². The molecule has 6 nitrogen and oxygen atoms in total. The number of hydrogen-bond donors (Lipinski definition) is 2. The predicted octanol–water partition coefficient (Wildman–Crippen LogP) is 3.45. The Morgan fingerprint density at radius 2 is 2.08 bits per heavy atom. The molecule has 0 amide bonds. The molecule has 26 heavy (non-hydrogen) atoms. The fourth-order valence-electron chi connectivity index (χ4n) is 2.33. The lowest BCUT2D eigenvalue weighted by atomic mass is 10.1. The zero-order valence-electron chi connectivity index (χ0n) is 14.9. The smallest absolute Gasteiger partial charge is 0.361 e. The summed E-state index contributed by atoms with van der Waals surface area (Å²) in [7, 11) is 0. The largest absolute Gasteiger partial charge is 0.434 e. The second-order valence-electron chi connectivity index (χ2n) is 5.65. The van der Waals surface area contributed by atoms with Crippen molar-refractivity contribution in [3.63, 3.8) is 0 Å². The first-order valence-electron chi connectivity index (χ1n) is 8.26. The van der Waals surface area contributed by atoms with E-state index in [0.717, 1.165) is 46.6 Å². The molecule has 2 heterocycles. The summed E-state index contributed by atoms with van der Waals surface area (Å²) >= 11 is 0.955. The molecular formula is C16H22F3N5OS. The highest BCUT2D eigenvalue weighted by molar-refractivity contribution is 7.09. The Bertz CT molecular complexity index is 719. The molecule has 0 fully saturated rings. The number of rotatable bonds is 7. The van der Waals surface area contributed by atoms with Crippen LogP contribution >= 0.6 is 11.3 Å². The molecule has 0 atom stereocenters. The lowest BCUT2D eigenvalue weighted by Gasteiger charge is -2.10. The number of nitrogens with one attached hydrogen (secondary N) is 2. The molecule has 2 rings (SSSR count). The van der Waals surface area contributed by atoms with Crippen molar-refractivity contribution in [1.82, 2.24) is 20.8 Å². The van der Waals surface area contributed by atoms with Gasteiger partial charge in [0.1, 0.15) is 10.8 Å². The van der Waals surface area contributed by atoms with Crippen molar-refractivity contribution in [2.75, 3.05) is 13.1 Å². The standard InChI is InChI=1S/C16H22F3N5OS/c1-4-20-15(21-7-5-6-12-10(2)24-25-11(12)3)22-8-14-23-13(9-26-14)16(17,18)19/h9H,4-8H2,1-3H3,(H2,20,21,22). The average Bonchev–Trinajstić information content (AvgIpc) is 3.17. The van der Waals surface area contributed by atoms with Crippen molar-refractivity contribution >= 4 is 17.3 Å². The van der Waals surface area contributed by atoms with Crippen molar-refractivity contribution < 1.29 is 17.7 Å². The summed E-state index contributed by atoms with van der Waals surface area (Å²) in [5.41, 5.74) is 1.13. The molecule has 0 aliphatic rings. The summed E-state index contributed by atoms with van der Waals surface area (Å²) in [5.74, 6) is 1.38. The van der Waals surface area contributed by atoms with Gasteiger partial charge in [0.15, 0.2) is 11.7 Å². The highest BCUT2D eigenvalue weighted by atomic mass is 32.1. The van der Waals surface area contributed by atoms with Crippen LogP contribution in [0.1, 0.15) is 41.1 Å². The Hall–Kier alpha value is -2.10. The van der Waals surface area contributed by atoms with Gasteiger partial charge in [-0.25, -0.2) is 9.98 Å². The number of hydrogen-bond acceptors (Lipinski definition) is 5. The van der Waals surface area contributed by atoms with Crippen molar-refractivity contribution in [2.24, 2.45) is 4.99 Å². The molecule has 2 aromatic heterocycles. The lowest BCUT2D eigenvalue weighted by molar-refractivity contribution is -0.140. The highest BCUT2D eigenvalue weighted by Crippen LogP contribution is 2.30. The Morgan fingerprint density at radius 3 is 2.65 bits per heavy atom. The topological polar surface area (TPSA) is 75.3 Å². The molecule has 144 valence electrons. The Kier molecular flexibility index (Phi) is 7.01. The van der Waals surface area contributed by atoms with Gasteiger partial charge in [-0.3, -0.25) is 0 Å². The van der Waals surface area contributed by atoms with Gasteiger partial charge in [-0.1, -0.05) is 5.16 Å². The monoisotopic (exact) mass is 389 g/mol. The van der Waals surface area contributed by atoms with Gasteiger partial charge in [-0.15, -0.1) is 11.3 Å². The molecular weight excluding hydrogens is 367 g/mol. The van der Waals surface area contributed by atoms with Crippen LogP contribution in [0.3, 0.4) is 0 Å². The molecule has 0 spiro atoms. The zero-order valence-corrected chi connectivity index (χ0v) is 15.7. The van der Waals surface area contributed by atoms with Crippen LogP contribution in [-0.2, 0) is 19.1 Å². The number of guanidine groups is 1. The Balaban J connectivity index is 1.85. The van der Waals surface area contributed by atoms with E-state index in [4.69, 9.17) is 4.52 Å². The van der Waals surface area contributed by atoms with E-state index in [1.807, 2.05) is 20.8 Å². The number of aryl methyl sites for hydroxylation is 2. The first kappa shape index (κ1) is 20.2. The minimum absolute atomic E-state index is 0.0972. The summed E-state index contributed by atoms with van der Waals surface area (Å²) < 4.78 is 42.8. The molecule has 0 saturated carbocycles. The molecule has 0 radical (unpaired) electrons. The molecule has 2 aromatic rings. The maximum absolute atomic E-state index is 12.6. The van der Waals surface area contributed by atoms with Crippen LogP contribution in [0.4, 0.5) is 13.2 Å². The second kappa shape index (κ2) is 9.02. The molecule has 0 aliphatic carbocycles. The number of halogens is 3. The van der Waals surface area contributed by atoms with E-state index in [2.05, 4.69) is 25.8 Å². The second-order valence-corrected chi connectivity index (χ2v) is 6.60. The van der Waals surface area contributed by atoms with Crippen LogP contribution in [0, 0.1) is 13.8 Å². The SMILES string of the molecule is CCNC(=NCc1nc(C(F)(F)F)cs1)NCCCc1c(C)noc1C. The summed E-state index contributed by atoms with van der Waals surface area (Å²) in [4.78, 5) is 7.87. The van der Waals surface area contributed by atoms with E-state index in [0.29, 0.717) is 24.1 Å². The third kappa shape index (κ3) is 5.72. The van der Waals surface area contributed by atoms with Crippen LogP contribution in [0.15, 0.2) is 14.9 Å². The maximum Gasteiger partial charge on any atom is 0.434 e. The molecule has 10 heteroatoms. The van der Waals surface area contributed by atoms with Gasteiger partial charge in [0.25, 0.3) is 0 Å². The summed E-state index contributed by atoms with van der Waals surface area (Å²) in [6.07, 6.45) is -2.74. The fourth-order valence-corrected chi connectivity index (χ4v) is 3.06. The minimum atomic E-state index is -4.42. The van der Waals surface area contributed by atoms with Crippen molar-refractivity contribution in [3.8, 4) is 0 Å². The number of alkyl halides is 3. The van der Waals surface area contributed by atoms with Gasteiger partial charge in [0.05, 0.1) is 12.2 Å². The van der Waals surface area contributed by atoms with Crippen LogP contribution < -0.4 is 10.6 Å². The summed E-state index contributed by atoms with van der Waals surface area (Å²) in [5, 5.41) is 11.5. The Morgan fingerprint density at radius 1 is 1.31 bits per heavy atom. The quantitative estimate of drug-likeness (QED) is 0.431. The lowest BCUT2D eigenvalue weighted by Crippen LogP contribution is -2.37. The van der Waals surface area contributed by atoms with Crippen LogP contribution in [0.5, 0.6) is 0 Å². The number of aliphatic imine (C=N–C) groups is 1. The van der Waals surface area contributed by atoms with Gasteiger partial charge >= 0.3 is 6.18 Å². The van der Waals surface area contributed by atoms with Crippen molar-refractivity contribution in [1.29, 1.82) is 0 Å². The van der Waals surface area contributed by atoms with Gasteiger partial charge in [0, 0.05) is 24.0 Å². The summed E-state index contributed by atoms with van der Waals surface area (Å²) in [6.45, 7) is 7.14. The molecule has 0 bridgehead atoms. The fraction of sp³-hybridized carbons (Fsp3) is 0.562. The molecule has 0 unspecified atom stereocenters. The minimum Gasteiger partial charge on any atom is -0.361 e. The van der Waals surface area contributed by atoms with E-state index in [9.17, 15) is 13.2 Å². The molecule has 0 aromatic carbocycles. The van der Waals surface area contributed by atoms with Gasteiger partial charge < -0.3 is 15.2 Å². The maximum atomic E-state index is 12.6. The first-order valence-corrected chi connectivity index (χ1v) is 9.14. The average molecular weight is 389 g/mol. The third-order valence-corrected chi connectivity index (χ3v) is 4.47. The predicted molar refractivity (Wildman–Crippen MR) is 94.2 cm³/mol. The van der Waals surface area contributed by atoms with E-state index < -0.39 is 11.9 Å². The molecule has 2 N–H and O–H groups in total. The third-order valence-electron chi connectivity index (χ3n) is 3.64. The highest BCUT2D eigenvalue weighted by Gasteiger charge is 2.33. The van der Waals surface area contributed by atoms with Gasteiger partial charge in [0.2, 0.25) is 0 Å². The normalized spacial score (nSPS) is 12.5. The Labute approximate surface area is 153 Å². The van der Waals surface area contributed by atoms with E-state index in [-0.39, 0.29) is 6.54 Å². The van der Waals surface area contributed by atoms with E-state index >= 15 is 0 Å². The van der Waals surface area contributed by atoms with Crippen LogP contribution in [0.25, 0.3) is 0 Å². The van der Waals surface area contributed by atoms with E-state index in [1.54, 1.807) is 0 Å². The summed E-state index contributed by atoms with van der Waals surface area (Å²) in [6, 6.07) is 0. The first-order chi connectivity index (χ1) is 12.3. The number of thiazole rings is 1. The number of aromatic nitrogens is 2.